The van der Waals surface area contributed by atoms with Gasteiger partial charge in [0.25, 0.3) is 0 Å². The molecule has 1 nitrogen and oxygen atoms in total. The number of nitrogens with two attached hydrogens (primary N) is 1. The summed E-state index contributed by atoms with van der Waals surface area (Å²) in [5.41, 5.74) is 7.94. The number of halogens is 1. The van der Waals surface area contributed by atoms with E-state index in [1.54, 1.807) is 0 Å². The van der Waals surface area contributed by atoms with Crippen LogP contribution in [-0.2, 0) is 6.42 Å². The van der Waals surface area contributed by atoms with Crippen LogP contribution in [-0.4, -0.2) is 0 Å². The minimum atomic E-state index is 0.789. The van der Waals surface area contributed by atoms with Crippen LogP contribution in [0.1, 0.15) is 12.5 Å². The van der Waals surface area contributed by atoms with Crippen molar-refractivity contribution in [3.8, 4) is 0 Å². The molecular formula is C12H12ClN. The molecule has 0 amide bonds. The molecule has 0 aliphatic rings. The second-order valence-electron chi connectivity index (χ2n) is 3.32. The fourth-order valence-electron chi connectivity index (χ4n) is 1.79. The van der Waals surface area contributed by atoms with Crippen molar-refractivity contribution in [2.45, 2.75) is 13.3 Å². The van der Waals surface area contributed by atoms with E-state index in [0.29, 0.717) is 0 Å². The molecule has 0 aliphatic carbocycles. The molecular weight excluding hydrogens is 194 g/mol. The Balaban J connectivity index is 2.88. The van der Waals surface area contributed by atoms with Crippen molar-refractivity contribution in [2.75, 3.05) is 5.73 Å². The van der Waals surface area contributed by atoms with E-state index in [2.05, 4.69) is 13.0 Å². The molecule has 0 atom stereocenters. The zero-order valence-corrected chi connectivity index (χ0v) is 8.81. The molecule has 2 aromatic carbocycles. The zero-order valence-electron chi connectivity index (χ0n) is 8.05. The third-order valence-electron chi connectivity index (χ3n) is 2.51. The van der Waals surface area contributed by atoms with Gasteiger partial charge in [0.15, 0.2) is 0 Å². The molecule has 0 spiro atoms. The topological polar surface area (TPSA) is 26.0 Å². The average Bonchev–Trinajstić information content (AvgIpc) is 2.18. The first-order valence-corrected chi connectivity index (χ1v) is 5.07. The van der Waals surface area contributed by atoms with Crippen LogP contribution in [0.4, 0.5) is 5.69 Å². The molecule has 0 radical (unpaired) electrons. The van der Waals surface area contributed by atoms with Gasteiger partial charge in [-0.1, -0.05) is 36.7 Å². The monoisotopic (exact) mass is 205 g/mol. The molecule has 72 valence electrons. The van der Waals surface area contributed by atoms with Gasteiger partial charge in [0.2, 0.25) is 0 Å². The first-order chi connectivity index (χ1) is 6.74. The number of rotatable bonds is 1. The molecule has 2 heteroatoms. The van der Waals surface area contributed by atoms with Gasteiger partial charge in [0.05, 0.1) is 0 Å². The van der Waals surface area contributed by atoms with Crippen molar-refractivity contribution in [1.29, 1.82) is 0 Å². The minimum absolute atomic E-state index is 0.789. The summed E-state index contributed by atoms with van der Waals surface area (Å²) >= 11 is 6.10. The Labute approximate surface area is 88.5 Å². The highest BCUT2D eigenvalue weighted by molar-refractivity contribution is 6.35. The number of benzene rings is 2. The van der Waals surface area contributed by atoms with E-state index in [9.17, 15) is 0 Å². The summed E-state index contributed by atoms with van der Waals surface area (Å²) in [6.45, 7) is 2.10. The third kappa shape index (κ3) is 1.34. The zero-order chi connectivity index (χ0) is 10.1. The molecule has 0 saturated heterocycles. The summed E-state index contributed by atoms with van der Waals surface area (Å²) < 4.78 is 0. The Morgan fingerprint density at radius 2 is 1.93 bits per heavy atom. The maximum absolute atomic E-state index is 6.10. The van der Waals surface area contributed by atoms with Gasteiger partial charge in [-0.15, -0.1) is 0 Å². The van der Waals surface area contributed by atoms with Gasteiger partial charge in [-0.2, -0.15) is 0 Å². The van der Waals surface area contributed by atoms with Gasteiger partial charge in [0, 0.05) is 16.1 Å². The Hall–Kier alpha value is -1.21. The van der Waals surface area contributed by atoms with Crippen molar-refractivity contribution in [1.82, 2.24) is 0 Å². The SMILES string of the molecule is CCc1c(N)ccc2c(Cl)cccc12. The molecule has 2 aromatic rings. The van der Waals surface area contributed by atoms with Gasteiger partial charge in [-0.25, -0.2) is 0 Å². The predicted octanol–water partition coefficient (Wildman–Crippen LogP) is 3.64. The lowest BCUT2D eigenvalue weighted by Gasteiger charge is -2.08. The number of aryl methyl sites for hydroxylation is 1. The molecule has 0 fully saturated rings. The third-order valence-corrected chi connectivity index (χ3v) is 2.84. The molecule has 0 aliphatic heterocycles. The van der Waals surface area contributed by atoms with Crippen LogP contribution < -0.4 is 5.73 Å². The number of anilines is 1. The van der Waals surface area contributed by atoms with E-state index in [1.807, 2.05) is 24.3 Å². The first-order valence-electron chi connectivity index (χ1n) is 4.69. The van der Waals surface area contributed by atoms with Gasteiger partial charge in [-0.05, 0) is 29.5 Å². The molecule has 0 saturated carbocycles. The van der Waals surface area contributed by atoms with Gasteiger partial charge < -0.3 is 5.73 Å². The maximum Gasteiger partial charge on any atom is 0.0484 e. The van der Waals surface area contributed by atoms with Crippen LogP contribution in [0, 0.1) is 0 Å². The summed E-state index contributed by atoms with van der Waals surface area (Å²) in [5.74, 6) is 0. The Bertz CT molecular complexity index is 477. The number of nitrogen functional groups attached to an aromatic ring is 1. The minimum Gasteiger partial charge on any atom is -0.398 e. The Morgan fingerprint density at radius 1 is 1.14 bits per heavy atom. The van der Waals surface area contributed by atoms with Gasteiger partial charge >= 0.3 is 0 Å². The van der Waals surface area contributed by atoms with Crippen molar-refractivity contribution in [3.05, 3.63) is 40.9 Å². The van der Waals surface area contributed by atoms with Crippen LogP contribution in [0.2, 0.25) is 5.02 Å². The highest BCUT2D eigenvalue weighted by atomic mass is 35.5. The van der Waals surface area contributed by atoms with Gasteiger partial charge in [-0.3, -0.25) is 0 Å². The second kappa shape index (κ2) is 3.50. The summed E-state index contributed by atoms with van der Waals surface area (Å²) in [6, 6.07) is 9.83. The van der Waals surface area contributed by atoms with E-state index in [0.717, 1.165) is 22.5 Å². The smallest absolute Gasteiger partial charge is 0.0484 e. The van der Waals surface area contributed by atoms with Gasteiger partial charge in [0.1, 0.15) is 0 Å². The van der Waals surface area contributed by atoms with E-state index in [-0.39, 0.29) is 0 Å². The molecule has 0 aromatic heterocycles. The Kier molecular flexibility index (Phi) is 2.34. The average molecular weight is 206 g/mol. The summed E-state index contributed by atoms with van der Waals surface area (Å²) in [4.78, 5) is 0. The quantitative estimate of drug-likeness (QED) is 0.707. The molecule has 0 heterocycles. The maximum atomic E-state index is 6.10. The lowest BCUT2D eigenvalue weighted by atomic mass is 10.0. The Morgan fingerprint density at radius 3 is 2.64 bits per heavy atom. The van der Waals surface area contributed by atoms with Crippen molar-refractivity contribution < 1.29 is 0 Å². The largest absolute Gasteiger partial charge is 0.398 e. The lowest BCUT2D eigenvalue weighted by Crippen LogP contribution is -1.93. The van der Waals surface area contributed by atoms with Crippen molar-refractivity contribution in [3.63, 3.8) is 0 Å². The highest BCUT2D eigenvalue weighted by Crippen LogP contribution is 2.29. The predicted molar refractivity (Wildman–Crippen MR) is 62.7 cm³/mol. The van der Waals surface area contributed by atoms with E-state index in [1.165, 1.54) is 10.9 Å². The van der Waals surface area contributed by atoms with E-state index < -0.39 is 0 Å². The fraction of sp³-hybridized carbons (Fsp3) is 0.167. The number of hydrogen-bond acceptors (Lipinski definition) is 1. The van der Waals surface area contributed by atoms with Crippen LogP contribution in [0.5, 0.6) is 0 Å². The molecule has 2 N–H and O–H groups in total. The van der Waals surface area contributed by atoms with E-state index in [4.69, 9.17) is 17.3 Å². The van der Waals surface area contributed by atoms with Crippen LogP contribution in [0.3, 0.4) is 0 Å². The van der Waals surface area contributed by atoms with Crippen LogP contribution >= 0.6 is 11.6 Å². The van der Waals surface area contributed by atoms with Crippen LogP contribution in [0.25, 0.3) is 10.8 Å². The first kappa shape index (κ1) is 9.35. The summed E-state index contributed by atoms with van der Waals surface area (Å²) in [5, 5.41) is 3.04. The number of fused-ring (bicyclic) bond motifs is 1. The molecule has 14 heavy (non-hydrogen) atoms. The summed E-state index contributed by atoms with van der Waals surface area (Å²) in [7, 11) is 0. The van der Waals surface area contributed by atoms with Crippen molar-refractivity contribution in [2.24, 2.45) is 0 Å². The standard InChI is InChI=1S/C12H12ClN/c1-2-8-9-4-3-5-11(13)10(9)6-7-12(8)14/h3-7H,2,14H2,1H3. The normalized spacial score (nSPS) is 10.7. The summed E-state index contributed by atoms with van der Waals surface area (Å²) in [6.07, 6.45) is 0.934. The number of hydrogen-bond donors (Lipinski definition) is 1. The highest BCUT2D eigenvalue weighted by Gasteiger charge is 2.05. The second-order valence-corrected chi connectivity index (χ2v) is 3.73. The lowest BCUT2D eigenvalue weighted by molar-refractivity contribution is 1.16. The van der Waals surface area contributed by atoms with Crippen LogP contribution in [0.15, 0.2) is 30.3 Å². The molecule has 0 unspecified atom stereocenters. The molecule has 2 rings (SSSR count). The molecule has 0 bridgehead atoms. The fourth-order valence-corrected chi connectivity index (χ4v) is 2.03. The van der Waals surface area contributed by atoms with E-state index >= 15 is 0 Å². The van der Waals surface area contributed by atoms with Crippen molar-refractivity contribution >= 4 is 28.1 Å².